The minimum Gasteiger partial charge on any atom is -0.261 e. The van der Waals surface area contributed by atoms with Gasteiger partial charge in [0.25, 0.3) is 0 Å². The normalized spacial score (nSPS) is 28.2. The Balaban J connectivity index is 2.42. The fourth-order valence-corrected chi connectivity index (χ4v) is 1.97. The number of rotatable bonds is 0. The second-order valence-electron chi connectivity index (χ2n) is 3.85. The molecule has 1 aromatic heterocycles. The van der Waals surface area contributed by atoms with Crippen LogP contribution < -0.4 is 0 Å². The molecule has 0 bridgehead atoms. The van der Waals surface area contributed by atoms with Gasteiger partial charge in [0.2, 0.25) is 0 Å². The molecule has 0 radical (unpaired) electrons. The Hall–Kier alpha value is -0.850. The predicted molar refractivity (Wildman–Crippen MR) is 50.1 cm³/mol. The summed E-state index contributed by atoms with van der Waals surface area (Å²) in [4.78, 5) is 4.45. The van der Waals surface area contributed by atoms with Crippen molar-refractivity contribution < 1.29 is 0 Å². The molecule has 12 heavy (non-hydrogen) atoms. The molecule has 2 rings (SSSR count). The highest BCUT2D eigenvalue weighted by Gasteiger charge is 2.23. The van der Waals surface area contributed by atoms with Crippen molar-refractivity contribution in [2.75, 3.05) is 0 Å². The van der Waals surface area contributed by atoms with Gasteiger partial charge < -0.3 is 0 Å². The SMILES string of the molecule is C[C@@H]1c2ncccc2CC[C@@H]1C. The number of hydrogen-bond acceptors (Lipinski definition) is 1. The monoisotopic (exact) mass is 161 g/mol. The van der Waals surface area contributed by atoms with Gasteiger partial charge >= 0.3 is 0 Å². The number of aryl methyl sites for hydroxylation is 1. The first kappa shape index (κ1) is 7.78. The van der Waals surface area contributed by atoms with Crippen LogP contribution in [-0.2, 0) is 6.42 Å². The van der Waals surface area contributed by atoms with E-state index in [9.17, 15) is 0 Å². The van der Waals surface area contributed by atoms with Gasteiger partial charge in [0.15, 0.2) is 0 Å². The van der Waals surface area contributed by atoms with Crippen molar-refractivity contribution >= 4 is 0 Å². The Labute approximate surface area is 73.8 Å². The van der Waals surface area contributed by atoms with Crippen LogP contribution in [0.1, 0.15) is 37.4 Å². The maximum Gasteiger partial charge on any atom is 0.0466 e. The van der Waals surface area contributed by atoms with Gasteiger partial charge in [-0.3, -0.25) is 4.98 Å². The first-order chi connectivity index (χ1) is 5.79. The number of fused-ring (bicyclic) bond motifs is 1. The van der Waals surface area contributed by atoms with Crippen LogP contribution in [0, 0.1) is 5.92 Å². The van der Waals surface area contributed by atoms with E-state index in [1.54, 1.807) is 0 Å². The summed E-state index contributed by atoms with van der Waals surface area (Å²) < 4.78 is 0. The van der Waals surface area contributed by atoms with E-state index in [4.69, 9.17) is 0 Å². The van der Waals surface area contributed by atoms with Gasteiger partial charge in [0, 0.05) is 17.8 Å². The Kier molecular flexibility index (Phi) is 1.87. The van der Waals surface area contributed by atoms with Crippen LogP contribution in [0.15, 0.2) is 18.3 Å². The summed E-state index contributed by atoms with van der Waals surface area (Å²) in [6.07, 6.45) is 4.45. The zero-order valence-electron chi connectivity index (χ0n) is 7.75. The fraction of sp³-hybridized carbons (Fsp3) is 0.545. The third-order valence-electron chi connectivity index (χ3n) is 3.08. The van der Waals surface area contributed by atoms with Crippen LogP contribution in [0.2, 0.25) is 0 Å². The maximum absolute atomic E-state index is 4.45. The fourth-order valence-electron chi connectivity index (χ4n) is 1.97. The lowest BCUT2D eigenvalue weighted by atomic mass is 9.80. The molecule has 0 fully saturated rings. The van der Waals surface area contributed by atoms with Crippen LogP contribution in [0.4, 0.5) is 0 Å². The highest BCUT2D eigenvalue weighted by Crippen LogP contribution is 2.33. The van der Waals surface area contributed by atoms with Gasteiger partial charge in [-0.05, 0) is 30.4 Å². The molecule has 1 nitrogen and oxygen atoms in total. The van der Waals surface area contributed by atoms with E-state index in [2.05, 4.69) is 24.9 Å². The lowest BCUT2D eigenvalue weighted by Crippen LogP contribution is -2.17. The van der Waals surface area contributed by atoms with E-state index in [0.29, 0.717) is 5.92 Å². The zero-order chi connectivity index (χ0) is 8.55. The van der Waals surface area contributed by atoms with E-state index in [1.807, 2.05) is 12.3 Å². The summed E-state index contributed by atoms with van der Waals surface area (Å²) in [6.45, 7) is 4.61. The Morgan fingerprint density at radius 2 is 2.25 bits per heavy atom. The molecule has 0 saturated heterocycles. The summed E-state index contributed by atoms with van der Waals surface area (Å²) in [6, 6.07) is 4.26. The quantitative estimate of drug-likeness (QED) is 0.570. The molecule has 0 amide bonds. The van der Waals surface area contributed by atoms with E-state index >= 15 is 0 Å². The van der Waals surface area contributed by atoms with E-state index in [-0.39, 0.29) is 0 Å². The average molecular weight is 161 g/mol. The van der Waals surface area contributed by atoms with Crippen molar-refractivity contribution in [1.29, 1.82) is 0 Å². The zero-order valence-corrected chi connectivity index (χ0v) is 7.75. The molecule has 1 heterocycles. The highest BCUT2D eigenvalue weighted by molar-refractivity contribution is 5.26. The smallest absolute Gasteiger partial charge is 0.0466 e. The molecule has 0 saturated carbocycles. The van der Waals surface area contributed by atoms with E-state index in [0.717, 1.165) is 5.92 Å². The number of hydrogen-bond donors (Lipinski definition) is 0. The molecule has 0 N–H and O–H groups in total. The second kappa shape index (κ2) is 2.89. The summed E-state index contributed by atoms with van der Waals surface area (Å²) >= 11 is 0. The Morgan fingerprint density at radius 3 is 3.08 bits per heavy atom. The van der Waals surface area contributed by atoms with Crippen molar-refractivity contribution in [3.63, 3.8) is 0 Å². The van der Waals surface area contributed by atoms with Crippen LogP contribution in [0.25, 0.3) is 0 Å². The van der Waals surface area contributed by atoms with Crippen LogP contribution >= 0.6 is 0 Å². The molecule has 0 aliphatic heterocycles. The van der Waals surface area contributed by atoms with Gasteiger partial charge in [-0.15, -0.1) is 0 Å². The maximum atomic E-state index is 4.45. The van der Waals surface area contributed by atoms with Gasteiger partial charge in [-0.25, -0.2) is 0 Å². The lowest BCUT2D eigenvalue weighted by Gasteiger charge is -2.26. The standard InChI is InChI=1S/C11H15N/c1-8-5-6-10-4-3-7-12-11(10)9(8)2/h3-4,7-9H,5-6H2,1-2H3/t8-,9-/m0/s1. The molecule has 1 aromatic rings. The molecule has 1 heteroatoms. The van der Waals surface area contributed by atoms with Gasteiger partial charge in [0.1, 0.15) is 0 Å². The summed E-state index contributed by atoms with van der Waals surface area (Å²) in [7, 11) is 0. The number of pyridine rings is 1. The van der Waals surface area contributed by atoms with Crippen LogP contribution in [-0.4, -0.2) is 4.98 Å². The van der Waals surface area contributed by atoms with E-state index in [1.165, 1.54) is 24.1 Å². The lowest BCUT2D eigenvalue weighted by molar-refractivity contribution is 0.417. The van der Waals surface area contributed by atoms with Crippen molar-refractivity contribution in [1.82, 2.24) is 4.98 Å². The molecule has 0 aromatic carbocycles. The Bertz CT molecular complexity index is 280. The molecular weight excluding hydrogens is 146 g/mol. The van der Waals surface area contributed by atoms with Gasteiger partial charge in [-0.1, -0.05) is 19.9 Å². The summed E-state index contributed by atoms with van der Waals surface area (Å²) in [5, 5.41) is 0. The summed E-state index contributed by atoms with van der Waals surface area (Å²) in [5.41, 5.74) is 2.79. The predicted octanol–water partition coefficient (Wildman–Crippen LogP) is 2.77. The molecule has 0 unspecified atom stereocenters. The van der Waals surface area contributed by atoms with Crippen LogP contribution in [0.3, 0.4) is 0 Å². The van der Waals surface area contributed by atoms with Crippen LogP contribution in [0.5, 0.6) is 0 Å². The second-order valence-corrected chi connectivity index (χ2v) is 3.85. The topological polar surface area (TPSA) is 12.9 Å². The molecule has 1 aliphatic carbocycles. The van der Waals surface area contributed by atoms with Gasteiger partial charge in [0.05, 0.1) is 0 Å². The molecule has 64 valence electrons. The van der Waals surface area contributed by atoms with Crippen molar-refractivity contribution in [2.24, 2.45) is 5.92 Å². The average Bonchev–Trinajstić information content (AvgIpc) is 2.12. The highest BCUT2D eigenvalue weighted by atomic mass is 14.7. The first-order valence-electron chi connectivity index (χ1n) is 4.73. The molecule has 1 aliphatic rings. The van der Waals surface area contributed by atoms with Crippen molar-refractivity contribution in [3.8, 4) is 0 Å². The Morgan fingerprint density at radius 1 is 1.42 bits per heavy atom. The summed E-state index contributed by atoms with van der Waals surface area (Å²) in [5.74, 6) is 1.45. The van der Waals surface area contributed by atoms with Gasteiger partial charge in [-0.2, -0.15) is 0 Å². The molecule has 0 spiro atoms. The number of nitrogens with zero attached hydrogens (tertiary/aromatic N) is 1. The third-order valence-corrected chi connectivity index (χ3v) is 3.08. The van der Waals surface area contributed by atoms with Crippen molar-refractivity contribution in [3.05, 3.63) is 29.6 Å². The largest absolute Gasteiger partial charge is 0.261 e. The molecule has 2 atom stereocenters. The molecular formula is C11H15N. The minimum atomic E-state index is 0.648. The third kappa shape index (κ3) is 1.13. The van der Waals surface area contributed by atoms with E-state index < -0.39 is 0 Å². The minimum absolute atomic E-state index is 0.648. The number of aromatic nitrogens is 1. The van der Waals surface area contributed by atoms with Crippen molar-refractivity contribution in [2.45, 2.75) is 32.6 Å². The first-order valence-corrected chi connectivity index (χ1v) is 4.73.